The standard InChI is InChI=1S/C17H16ClN3O/c1-11-6-12(2)8-15(7-11)19-10-16-20-21-17(22-16)13-4-3-5-14(18)9-13/h3-9,19H,10H2,1-2H3. The van der Waals surface area contributed by atoms with E-state index in [9.17, 15) is 0 Å². The first-order chi connectivity index (χ1) is 10.6. The second-order valence-electron chi connectivity index (χ2n) is 5.24. The van der Waals surface area contributed by atoms with Gasteiger partial charge in [0.1, 0.15) is 0 Å². The highest BCUT2D eigenvalue weighted by atomic mass is 35.5. The van der Waals surface area contributed by atoms with Crippen LogP contribution in [0.2, 0.25) is 5.02 Å². The number of halogens is 1. The van der Waals surface area contributed by atoms with Crippen LogP contribution in [0.25, 0.3) is 11.5 Å². The van der Waals surface area contributed by atoms with Crippen molar-refractivity contribution in [1.82, 2.24) is 10.2 Å². The minimum absolute atomic E-state index is 0.472. The number of hydrogen-bond donors (Lipinski definition) is 1. The fraction of sp³-hybridized carbons (Fsp3) is 0.176. The third-order valence-corrected chi connectivity index (χ3v) is 3.44. The number of nitrogens with zero attached hydrogens (tertiary/aromatic N) is 2. The molecule has 3 aromatic rings. The maximum absolute atomic E-state index is 5.97. The van der Waals surface area contributed by atoms with Crippen LogP contribution in [0.4, 0.5) is 5.69 Å². The molecule has 1 aromatic heterocycles. The Balaban J connectivity index is 1.72. The van der Waals surface area contributed by atoms with Crippen molar-refractivity contribution in [3.8, 4) is 11.5 Å². The molecule has 0 saturated heterocycles. The second-order valence-corrected chi connectivity index (χ2v) is 5.68. The summed E-state index contributed by atoms with van der Waals surface area (Å²) in [5.41, 5.74) is 4.29. The van der Waals surface area contributed by atoms with Gasteiger partial charge in [-0.15, -0.1) is 10.2 Å². The Hall–Kier alpha value is -2.33. The van der Waals surface area contributed by atoms with E-state index in [4.69, 9.17) is 16.0 Å². The quantitative estimate of drug-likeness (QED) is 0.763. The van der Waals surface area contributed by atoms with Crippen molar-refractivity contribution < 1.29 is 4.42 Å². The number of rotatable bonds is 4. The minimum atomic E-state index is 0.472. The van der Waals surface area contributed by atoms with E-state index < -0.39 is 0 Å². The topological polar surface area (TPSA) is 51.0 Å². The van der Waals surface area contributed by atoms with Gasteiger partial charge >= 0.3 is 0 Å². The van der Waals surface area contributed by atoms with E-state index in [-0.39, 0.29) is 0 Å². The van der Waals surface area contributed by atoms with Crippen LogP contribution in [0, 0.1) is 13.8 Å². The molecule has 0 atom stereocenters. The number of benzene rings is 2. The van der Waals surface area contributed by atoms with Gasteiger partial charge in [-0.25, -0.2) is 0 Å². The summed E-state index contributed by atoms with van der Waals surface area (Å²) in [6.45, 7) is 4.63. The summed E-state index contributed by atoms with van der Waals surface area (Å²) in [5, 5.41) is 12.1. The first kappa shape index (κ1) is 14.6. The second kappa shape index (κ2) is 6.20. The zero-order valence-electron chi connectivity index (χ0n) is 12.4. The average molecular weight is 314 g/mol. The average Bonchev–Trinajstić information content (AvgIpc) is 2.93. The van der Waals surface area contributed by atoms with Crippen LogP contribution in [-0.4, -0.2) is 10.2 Å². The Labute approximate surface area is 134 Å². The van der Waals surface area contributed by atoms with Crippen LogP contribution in [0.1, 0.15) is 17.0 Å². The van der Waals surface area contributed by atoms with Gasteiger partial charge in [-0.05, 0) is 55.3 Å². The molecule has 0 spiro atoms. The summed E-state index contributed by atoms with van der Waals surface area (Å²) in [7, 11) is 0. The van der Waals surface area contributed by atoms with Crippen molar-refractivity contribution in [3.63, 3.8) is 0 Å². The van der Waals surface area contributed by atoms with Crippen molar-refractivity contribution in [2.75, 3.05) is 5.32 Å². The van der Waals surface area contributed by atoms with E-state index in [0.717, 1.165) is 11.3 Å². The first-order valence-corrected chi connectivity index (χ1v) is 7.38. The van der Waals surface area contributed by atoms with E-state index in [1.165, 1.54) is 11.1 Å². The molecule has 22 heavy (non-hydrogen) atoms. The van der Waals surface area contributed by atoms with Gasteiger partial charge in [0.2, 0.25) is 11.8 Å². The molecule has 3 rings (SSSR count). The SMILES string of the molecule is Cc1cc(C)cc(NCc2nnc(-c3cccc(Cl)c3)o2)c1. The lowest BCUT2D eigenvalue weighted by atomic mass is 10.1. The lowest BCUT2D eigenvalue weighted by Gasteiger charge is -2.06. The van der Waals surface area contributed by atoms with Gasteiger partial charge in [-0.3, -0.25) is 0 Å². The maximum atomic E-state index is 5.97. The minimum Gasteiger partial charge on any atom is -0.419 e. The van der Waals surface area contributed by atoms with Crippen LogP contribution < -0.4 is 5.32 Å². The number of nitrogens with one attached hydrogen (secondary N) is 1. The van der Waals surface area contributed by atoms with Gasteiger partial charge in [-0.1, -0.05) is 23.7 Å². The molecular formula is C17H16ClN3O. The summed E-state index contributed by atoms with van der Waals surface area (Å²) >= 11 is 5.97. The molecular weight excluding hydrogens is 298 g/mol. The number of aryl methyl sites for hydroxylation is 2. The predicted octanol–water partition coefficient (Wildman–Crippen LogP) is 4.62. The molecule has 0 fully saturated rings. The fourth-order valence-corrected chi connectivity index (χ4v) is 2.51. The summed E-state index contributed by atoms with van der Waals surface area (Å²) in [6.07, 6.45) is 0. The van der Waals surface area contributed by atoms with Crippen LogP contribution in [0.15, 0.2) is 46.9 Å². The van der Waals surface area contributed by atoms with E-state index in [0.29, 0.717) is 23.3 Å². The van der Waals surface area contributed by atoms with Gasteiger partial charge in [0.25, 0.3) is 0 Å². The van der Waals surface area contributed by atoms with Crippen molar-refractivity contribution in [1.29, 1.82) is 0 Å². The highest BCUT2D eigenvalue weighted by molar-refractivity contribution is 6.30. The summed E-state index contributed by atoms with van der Waals surface area (Å²) in [5.74, 6) is 1.01. The molecule has 1 heterocycles. The lowest BCUT2D eigenvalue weighted by molar-refractivity contribution is 0.515. The first-order valence-electron chi connectivity index (χ1n) is 7.00. The highest BCUT2D eigenvalue weighted by Gasteiger charge is 2.08. The molecule has 2 aromatic carbocycles. The van der Waals surface area contributed by atoms with Crippen LogP contribution >= 0.6 is 11.6 Å². The molecule has 0 aliphatic carbocycles. The summed E-state index contributed by atoms with van der Waals surface area (Å²) < 4.78 is 5.66. The summed E-state index contributed by atoms with van der Waals surface area (Å²) in [6, 6.07) is 13.7. The lowest BCUT2D eigenvalue weighted by Crippen LogP contribution is -2.00. The molecule has 0 saturated carbocycles. The molecule has 5 heteroatoms. The van der Waals surface area contributed by atoms with Crippen molar-refractivity contribution in [2.45, 2.75) is 20.4 Å². The zero-order valence-corrected chi connectivity index (χ0v) is 13.2. The van der Waals surface area contributed by atoms with E-state index in [1.807, 2.05) is 18.2 Å². The van der Waals surface area contributed by atoms with E-state index in [1.54, 1.807) is 6.07 Å². The van der Waals surface area contributed by atoms with Crippen molar-refractivity contribution in [3.05, 3.63) is 64.5 Å². The Morgan fingerprint density at radius 1 is 1.05 bits per heavy atom. The molecule has 4 nitrogen and oxygen atoms in total. The molecule has 0 amide bonds. The van der Waals surface area contributed by atoms with E-state index in [2.05, 4.69) is 47.6 Å². The van der Waals surface area contributed by atoms with Gasteiger partial charge in [-0.2, -0.15) is 0 Å². The Morgan fingerprint density at radius 2 is 1.82 bits per heavy atom. The van der Waals surface area contributed by atoms with Crippen LogP contribution in [-0.2, 0) is 6.54 Å². The molecule has 112 valence electrons. The number of anilines is 1. The van der Waals surface area contributed by atoms with Gasteiger partial charge in [0.05, 0.1) is 6.54 Å². The third-order valence-electron chi connectivity index (χ3n) is 3.20. The Bertz CT molecular complexity index is 778. The largest absolute Gasteiger partial charge is 0.419 e. The zero-order chi connectivity index (χ0) is 15.5. The Morgan fingerprint density at radius 3 is 2.55 bits per heavy atom. The molecule has 0 radical (unpaired) electrons. The smallest absolute Gasteiger partial charge is 0.247 e. The fourth-order valence-electron chi connectivity index (χ4n) is 2.32. The summed E-state index contributed by atoms with van der Waals surface area (Å²) in [4.78, 5) is 0. The van der Waals surface area contributed by atoms with Crippen LogP contribution in [0.5, 0.6) is 0 Å². The monoisotopic (exact) mass is 313 g/mol. The van der Waals surface area contributed by atoms with Gasteiger partial charge in [0, 0.05) is 16.3 Å². The highest BCUT2D eigenvalue weighted by Crippen LogP contribution is 2.22. The normalized spacial score (nSPS) is 10.7. The number of hydrogen-bond acceptors (Lipinski definition) is 4. The van der Waals surface area contributed by atoms with Crippen molar-refractivity contribution in [2.24, 2.45) is 0 Å². The van der Waals surface area contributed by atoms with Crippen molar-refractivity contribution >= 4 is 17.3 Å². The number of aromatic nitrogens is 2. The molecule has 0 unspecified atom stereocenters. The molecule has 0 aliphatic heterocycles. The van der Waals surface area contributed by atoms with Crippen LogP contribution in [0.3, 0.4) is 0 Å². The van der Waals surface area contributed by atoms with E-state index >= 15 is 0 Å². The molecule has 0 bridgehead atoms. The predicted molar refractivity (Wildman–Crippen MR) is 88.0 cm³/mol. The van der Waals surface area contributed by atoms with Gasteiger partial charge < -0.3 is 9.73 Å². The molecule has 0 aliphatic rings. The maximum Gasteiger partial charge on any atom is 0.247 e. The van der Waals surface area contributed by atoms with Gasteiger partial charge in [0.15, 0.2) is 0 Å². The third kappa shape index (κ3) is 3.46. The molecule has 1 N–H and O–H groups in total. The Kier molecular flexibility index (Phi) is 4.11.